The molecule has 2 rings (SSSR count). The van der Waals surface area contributed by atoms with Gasteiger partial charge in [0.25, 0.3) is 5.91 Å². The number of amides is 3. The number of hydrogen-bond donors (Lipinski definition) is 3. The molecule has 0 radical (unpaired) electrons. The molecule has 20 heavy (non-hydrogen) atoms. The fourth-order valence-electron chi connectivity index (χ4n) is 1.59. The molecule has 0 fully saturated rings. The van der Waals surface area contributed by atoms with E-state index in [2.05, 4.69) is 21.2 Å². The lowest BCUT2D eigenvalue weighted by atomic mass is 10.1. The van der Waals surface area contributed by atoms with Crippen molar-refractivity contribution in [1.82, 2.24) is 15.8 Å². The third-order valence-electron chi connectivity index (χ3n) is 2.59. The number of rotatable bonds is 2. The maximum Gasteiger partial charge on any atom is 0.339 e. The molecular formula is C14H14N4O2. The van der Waals surface area contributed by atoms with Crippen LogP contribution in [0.1, 0.15) is 15.9 Å². The molecule has 3 amide bonds. The van der Waals surface area contributed by atoms with Crippen LogP contribution in [-0.4, -0.2) is 16.9 Å². The smallest absolute Gasteiger partial charge is 0.291 e. The number of nitrogens with zero attached hydrogens (tertiary/aromatic N) is 1. The number of urea groups is 1. The van der Waals surface area contributed by atoms with Gasteiger partial charge in [-0.1, -0.05) is 24.3 Å². The van der Waals surface area contributed by atoms with Crippen molar-refractivity contribution >= 4 is 17.8 Å². The van der Waals surface area contributed by atoms with E-state index in [1.807, 2.05) is 19.1 Å². The van der Waals surface area contributed by atoms with E-state index in [0.29, 0.717) is 11.4 Å². The molecule has 0 saturated carbocycles. The SMILES string of the molecule is Cc1ccccc1C(=O)NNC(=O)Nc1ccccn1. The van der Waals surface area contributed by atoms with Crippen LogP contribution in [0.3, 0.4) is 0 Å². The quantitative estimate of drug-likeness (QED) is 0.728. The van der Waals surface area contributed by atoms with Crippen LogP contribution in [0, 0.1) is 6.92 Å². The van der Waals surface area contributed by atoms with Crippen molar-refractivity contribution in [2.45, 2.75) is 6.92 Å². The number of pyridine rings is 1. The van der Waals surface area contributed by atoms with E-state index >= 15 is 0 Å². The Labute approximate surface area is 116 Å². The Hall–Kier alpha value is -2.89. The number of anilines is 1. The van der Waals surface area contributed by atoms with Gasteiger partial charge in [-0.15, -0.1) is 0 Å². The minimum Gasteiger partial charge on any atom is -0.291 e. The Balaban J connectivity index is 1.88. The van der Waals surface area contributed by atoms with E-state index in [-0.39, 0.29) is 5.91 Å². The first-order chi connectivity index (χ1) is 9.66. The second kappa shape index (κ2) is 6.33. The van der Waals surface area contributed by atoms with Crippen molar-refractivity contribution in [3.05, 3.63) is 59.8 Å². The van der Waals surface area contributed by atoms with Gasteiger partial charge in [0.2, 0.25) is 0 Å². The van der Waals surface area contributed by atoms with E-state index in [1.54, 1.807) is 36.5 Å². The largest absolute Gasteiger partial charge is 0.339 e. The van der Waals surface area contributed by atoms with Crippen molar-refractivity contribution in [2.75, 3.05) is 5.32 Å². The highest BCUT2D eigenvalue weighted by Gasteiger charge is 2.09. The zero-order valence-corrected chi connectivity index (χ0v) is 10.9. The fraction of sp³-hybridized carbons (Fsp3) is 0.0714. The normalized spacial score (nSPS) is 9.65. The monoisotopic (exact) mass is 270 g/mol. The second-order valence-electron chi connectivity index (χ2n) is 4.06. The van der Waals surface area contributed by atoms with Crippen LogP contribution in [0.4, 0.5) is 10.6 Å². The van der Waals surface area contributed by atoms with Crippen LogP contribution in [0.25, 0.3) is 0 Å². The lowest BCUT2D eigenvalue weighted by molar-refractivity contribution is 0.0937. The van der Waals surface area contributed by atoms with Crippen LogP contribution < -0.4 is 16.2 Å². The van der Waals surface area contributed by atoms with Crippen molar-refractivity contribution in [1.29, 1.82) is 0 Å². The first-order valence-electron chi connectivity index (χ1n) is 6.01. The van der Waals surface area contributed by atoms with Crippen LogP contribution in [0.15, 0.2) is 48.7 Å². The second-order valence-corrected chi connectivity index (χ2v) is 4.06. The van der Waals surface area contributed by atoms with Crippen LogP contribution in [0.5, 0.6) is 0 Å². The van der Waals surface area contributed by atoms with Gasteiger partial charge >= 0.3 is 6.03 Å². The predicted octanol–water partition coefficient (Wildman–Crippen LogP) is 1.86. The summed E-state index contributed by atoms with van der Waals surface area (Å²) in [6.45, 7) is 1.82. The van der Waals surface area contributed by atoms with Gasteiger partial charge in [-0.3, -0.25) is 15.5 Å². The van der Waals surface area contributed by atoms with Gasteiger partial charge in [-0.25, -0.2) is 15.2 Å². The Bertz CT molecular complexity index is 614. The van der Waals surface area contributed by atoms with Gasteiger partial charge in [0, 0.05) is 11.8 Å². The van der Waals surface area contributed by atoms with Crippen molar-refractivity contribution < 1.29 is 9.59 Å². The lowest BCUT2D eigenvalue weighted by Gasteiger charge is -2.09. The molecule has 1 heterocycles. The third-order valence-corrected chi connectivity index (χ3v) is 2.59. The first-order valence-corrected chi connectivity index (χ1v) is 6.01. The number of aryl methyl sites for hydroxylation is 1. The molecule has 2 aromatic rings. The van der Waals surface area contributed by atoms with Crippen molar-refractivity contribution in [3.63, 3.8) is 0 Å². The zero-order valence-electron chi connectivity index (χ0n) is 10.9. The van der Waals surface area contributed by atoms with E-state index < -0.39 is 6.03 Å². The predicted molar refractivity (Wildman–Crippen MR) is 75.0 cm³/mol. The summed E-state index contributed by atoms with van der Waals surface area (Å²) in [5.41, 5.74) is 5.93. The highest BCUT2D eigenvalue weighted by molar-refractivity contribution is 5.97. The number of hydrazine groups is 1. The van der Waals surface area contributed by atoms with Gasteiger partial charge in [-0.2, -0.15) is 0 Å². The Morgan fingerprint density at radius 2 is 1.75 bits per heavy atom. The standard InChI is InChI=1S/C14H14N4O2/c1-10-6-2-3-7-11(10)13(19)17-18-14(20)16-12-8-4-5-9-15-12/h2-9H,1H3,(H,17,19)(H2,15,16,18,20). The minimum atomic E-state index is -0.564. The molecule has 1 aromatic heterocycles. The molecule has 0 aliphatic rings. The highest BCUT2D eigenvalue weighted by atomic mass is 16.2. The molecule has 0 bridgehead atoms. The number of aromatic nitrogens is 1. The van der Waals surface area contributed by atoms with Gasteiger partial charge in [-0.05, 0) is 30.7 Å². The molecule has 6 heteroatoms. The van der Waals surface area contributed by atoms with E-state index in [0.717, 1.165) is 5.56 Å². The number of nitrogens with one attached hydrogen (secondary N) is 3. The minimum absolute atomic E-state index is 0.376. The maximum absolute atomic E-state index is 11.9. The number of carbonyl (C=O) groups excluding carboxylic acids is 2. The molecule has 102 valence electrons. The Morgan fingerprint density at radius 3 is 2.45 bits per heavy atom. The highest BCUT2D eigenvalue weighted by Crippen LogP contribution is 2.05. The molecule has 1 aromatic carbocycles. The van der Waals surface area contributed by atoms with Crippen LogP contribution in [0.2, 0.25) is 0 Å². The number of benzene rings is 1. The summed E-state index contributed by atoms with van der Waals surface area (Å²) in [6.07, 6.45) is 1.56. The summed E-state index contributed by atoms with van der Waals surface area (Å²) in [7, 11) is 0. The summed E-state index contributed by atoms with van der Waals surface area (Å²) < 4.78 is 0. The summed E-state index contributed by atoms with van der Waals surface area (Å²) >= 11 is 0. The molecule has 3 N–H and O–H groups in total. The van der Waals surface area contributed by atoms with Gasteiger partial charge in [0.1, 0.15) is 5.82 Å². The molecule has 0 aliphatic heterocycles. The topological polar surface area (TPSA) is 83.1 Å². The number of hydrogen-bond acceptors (Lipinski definition) is 3. The van der Waals surface area contributed by atoms with E-state index in [9.17, 15) is 9.59 Å². The Kier molecular flexibility index (Phi) is 4.28. The van der Waals surface area contributed by atoms with Crippen LogP contribution >= 0.6 is 0 Å². The summed E-state index contributed by atoms with van der Waals surface area (Å²) in [4.78, 5) is 27.3. The lowest BCUT2D eigenvalue weighted by Crippen LogP contribution is -2.44. The molecule has 0 aliphatic carbocycles. The van der Waals surface area contributed by atoms with E-state index in [1.165, 1.54) is 0 Å². The Morgan fingerprint density at radius 1 is 1.00 bits per heavy atom. The van der Waals surface area contributed by atoms with Gasteiger partial charge in [0.15, 0.2) is 0 Å². The number of carbonyl (C=O) groups is 2. The molecule has 0 atom stereocenters. The molecule has 0 saturated heterocycles. The molecule has 6 nitrogen and oxygen atoms in total. The van der Waals surface area contributed by atoms with E-state index in [4.69, 9.17) is 0 Å². The third kappa shape index (κ3) is 3.55. The van der Waals surface area contributed by atoms with Crippen molar-refractivity contribution in [2.24, 2.45) is 0 Å². The zero-order chi connectivity index (χ0) is 14.4. The molecule has 0 spiro atoms. The summed E-state index contributed by atoms with van der Waals surface area (Å²) in [5, 5.41) is 2.49. The maximum atomic E-state index is 11.9. The molecule has 0 unspecified atom stereocenters. The average molecular weight is 270 g/mol. The fourth-order valence-corrected chi connectivity index (χ4v) is 1.59. The van der Waals surface area contributed by atoms with Gasteiger partial charge < -0.3 is 0 Å². The summed E-state index contributed by atoms with van der Waals surface area (Å²) in [5.74, 6) is 0.0226. The van der Waals surface area contributed by atoms with Crippen molar-refractivity contribution in [3.8, 4) is 0 Å². The first kappa shape index (κ1) is 13.5. The average Bonchev–Trinajstić information content (AvgIpc) is 2.46. The van der Waals surface area contributed by atoms with Crippen LogP contribution in [-0.2, 0) is 0 Å². The summed E-state index contributed by atoms with van der Waals surface area (Å²) in [6, 6.07) is 11.7. The van der Waals surface area contributed by atoms with Gasteiger partial charge in [0.05, 0.1) is 0 Å². The molecular weight excluding hydrogens is 256 g/mol.